The van der Waals surface area contributed by atoms with E-state index in [9.17, 15) is 4.79 Å². The Morgan fingerprint density at radius 2 is 2.17 bits per heavy atom. The molecule has 0 bridgehead atoms. The largest absolute Gasteiger partial charge is 0.335 e. The topological polar surface area (TPSA) is 44.1 Å². The van der Waals surface area contributed by atoms with Gasteiger partial charge in [-0.3, -0.25) is 4.79 Å². The molecule has 0 aliphatic heterocycles. The molecule has 0 spiro atoms. The van der Waals surface area contributed by atoms with Crippen LogP contribution in [0, 0.1) is 25.2 Å². The van der Waals surface area contributed by atoms with Crippen molar-refractivity contribution in [3.63, 3.8) is 0 Å². The molecule has 1 aliphatic rings. The number of hydrogen-bond donors (Lipinski definition) is 0. The van der Waals surface area contributed by atoms with Crippen LogP contribution >= 0.6 is 0 Å². The molecule has 0 aromatic heterocycles. The van der Waals surface area contributed by atoms with Gasteiger partial charge in [0.05, 0.1) is 12.5 Å². The van der Waals surface area contributed by atoms with Crippen molar-refractivity contribution < 1.29 is 4.79 Å². The van der Waals surface area contributed by atoms with Gasteiger partial charge < -0.3 is 4.90 Å². The first kappa shape index (κ1) is 12.6. The Labute approximate surface area is 108 Å². The second kappa shape index (κ2) is 5.22. The van der Waals surface area contributed by atoms with E-state index in [4.69, 9.17) is 5.26 Å². The van der Waals surface area contributed by atoms with Crippen LogP contribution in [-0.2, 0) is 0 Å². The normalized spacial score (nSPS) is 14.1. The molecule has 0 saturated heterocycles. The second-order valence-electron chi connectivity index (χ2n) is 4.89. The molecule has 1 fully saturated rings. The minimum Gasteiger partial charge on any atom is -0.335 e. The quantitative estimate of drug-likeness (QED) is 0.815. The van der Waals surface area contributed by atoms with Gasteiger partial charge in [0, 0.05) is 18.2 Å². The van der Waals surface area contributed by atoms with E-state index in [1.54, 1.807) is 0 Å². The lowest BCUT2D eigenvalue weighted by atomic mass is 10.0. The maximum absolute atomic E-state index is 12.5. The minimum atomic E-state index is 0.0777. The molecule has 0 heterocycles. The predicted octanol–water partition coefficient (Wildman–Crippen LogP) is 2.82. The first-order valence-corrected chi connectivity index (χ1v) is 6.39. The minimum absolute atomic E-state index is 0.0777. The van der Waals surface area contributed by atoms with E-state index in [0.29, 0.717) is 19.0 Å². The summed E-state index contributed by atoms with van der Waals surface area (Å²) in [5.41, 5.74) is 2.96. The van der Waals surface area contributed by atoms with Gasteiger partial charge in [0.25, 0.3) is 5.91 Å². The molecule has 1 aliphatic carbocycles. The van der Waals surface area contributed by atoms with Gasteiger partial charge in [0.15, 0.2) is 0 Å². The molecular formula is C15H18N2O. The van der Waals surface area contributed by atoms with E-state index in [0.717, 1.165) is 29.5 Å². The average molecular weight is 242 g/mol. The Kier molecular flexibility index (Phi) is 3.66. The summed E-state index contributed by atoms with van der Waals surface area (Å²) < 4.78 is 0. The summed E-state index contributed by atoms with van der Waals surface area (Å²) in [6.45, 7) is 4.55. The van der Waals surface area contributed by atoms with Gasteiger partial charge in [-0.1, -0.05) is 12.1 Å². The van der Waals surface area contributed by atoms with Crippen LogP contribution in [0.3, 0.4) is 0 Å². The van der Waals surface area contributed by atoms with Crippen LogP contribution in [0.15, 0.2) is 18.2 Å². The van der Waals surface area contributed by atoms with E-state index < -0.39 is 0 Å². The number of carbonyl (C=O) groups is 1. The Balaban J connectivity index is 2.22. The second-order valence-corrected chi connectivity index (χ2v) is 4.89. The zero-order valence-electron chi connectivity index (χ0n) is 10.9. The number of nitrogens with zero attached hydrogens (tertiary/aromatic N) is 2. The molecule has 1 saturated carbocycles. The van der Waals surface area contributed by atoms with Crippen LogP contribution in [0.1, 0.15) is 40.7 Å². The zero-order valence-corrected chi connectivity index (χ0v) is 10.9. The Hall–Kier alpha value is -1.82. The lowest BCUT2D eigenvalue weighted by molar-refractivity contribution is 0.0746. The van der Waals surface area contributed by atoms with Gasteiger partial charge >= 0.3 is 0 Å². The summed E-state index contributed by atoms with van der Waals surface area (Å²) in [6, 6.07) is 8.29. The molecule has 18 heavy (non-hydrogen) atoms. The molecule has 1 aromatic carbocycles. The molecule has 0 unspecified atom stereocenters. The number of nitriles is 1. The Morgan fingerprint density at radius 1 is 1.44 bits per heavy atom. The molecule has 0 atom stereocenters. The molecular weight excluding hydrogens is 224 g/mol. The number of rotatable bonds is 4. The van der Waals surface area contributed by atoms with Crippen molar-refractivity contribution in [3.05, 3.63) is 34.9 Å². The third-order valence-corrected chi connectivity index (χ3v) is 3.55. The van der Waals surface area contributed by atoms with E-state index >= 15 is 0 Å². The van der Waals surface area contributed by atoms with Crippen LogP contribution in [0.5, 0.6) is 0 Å². The summed E-state index contributed by atoms with van der Waals surface area (Å²) in [7, 11) is 0. The Bertz CT molecular complexity index is 498. The molecule has 1 aromatic rings. The van der Waals surface area contributed by atoms with Gasteiger partial charge in [0.1, 0.15) is 0 Å². The maximum Gasteiger partial charge on any atom is 0.254 e. The van der Waals surface area contributed by atoms with Crippen molar-refractivity contribution in [1.29, 1.82) is 5.26 Å². The fraction of sp³-hybridized carbons (Fsp3) is 0.467. The van der Waals surface area contributed by atoms with Gasteiger partial charge in [-0.2, -0.15) is 5.26 Å². The fourth-order valence-electron chi connectivity index (χ4n) is 2.14. The zero-order chi connectivity index (χ0) is 13.1. The summed E-state index contributed by atoms with van der Waals surface area (Å²) in [4.78, 5) is 14.4. The van der Waals surface area contributed by atoms with Gasteiger partial charge in [-0.15, -0.1) is 0 Å². The number of benzene rings is 1. The van der Waals surface area contributed by atoms with Crippen molar-refractivity contribution in [1.82, 2.24) is 4.90 Å². The van der Waals surface area contributed by atoms with Crippen LogP contribution in [-0.4, -0.2) is 23.4 Å². The van der Waals surface area contributed by atoms with Crippen molar-refractivity contribution in [2.24, 2.45) is 0 Å². The highest BCUT2D eigenvalue weighted by Crippen LogP contribution is 2.29. The smallest absolute Gasteiger partial charge is 0.254 e. The third kappa shape index (κ3) is 2.53. The molecule has 3 heteroatoms. The van der Waals surface area contributed by atoms with Crippen LogP contribution in [0.25, 0.3) is 0 Å². The molecule has 0 radical (unpaired) electrons. The number of hydrogen-bond acceptors (Lipinski definition) is 2. The summed E-state index contributed by atoms with van der Waals surface area (Å²) in [5.74, 6) is 0.0777. The number of carbonyl (C=O) groups excluding carboxylic acids is 1. The van der Waals surface area contributed by atoms with Crippen molar-refractivity contribution in [2.75, 3.05) is 6.54 Å². The molecule has 1 amide bonds. The summed E-state index contributed by atoms with van der Waals surface area (Å²) >= 11 is 0. The summed E-state index contributed by atoms with van der Waals surface area (Å²) in [6.07, 6.45) is 2.55. The first-order valence-electron chi connectivity index (χ1n) is 6.39. The lowest BCUT2D eigenvalue weighted by Crippen LogP contribution is -2.34. The molecule has 94 valence electrons. The van der Waals surface area contributed by atoms with Crippen LogP contribution < -0.4 is 0 Å². The monoisotopic (exact) mass is 242 g/mol. The van der Waals surface area contributed by atoms with Gasteiger partial charge in [0.2, 0.25) is 0 Å². The highest BCUT2D eigenvalue weighted by molar-refractivity contribution is 5.96. The Morgan fingerprint density at radius 3 is 2.78 bits per heavy atom. The van der Waals surface area contributed by atoms with Crippen molar-refractivity contribution >= 4 is 5.91 Å². The lowest BCUT2D eigenvalue weighted by Gasteiger charge is -2.22. The maximum atomic E-state index is 12.5. The van der Waals surface area contributed by atoms with Crippen LogP contribution in [0.2, 0.25) is 0 Å². The van der Waals surface area contributed by atoms with E-state index in [1.807, 2.05) is 36.9 Å². The number of amides is 1. The molecule has 0 N–H and O–H groups in total. The first-order chi connectivity index (χ1) is 8.65. The number of aryl methyl sites for hydroxylation is 1. The van der Waals surface area contributed by atoms with E-state index in [2.05, 4.69) is 6.07 Å². The molecule has 2 rings (SSSR count). The van der Waals surface area contributed by atoms with Crippen molar-refractivity contribution in [3.8, 4) is 6.07 Å². The highest BCUT2D eigenvalue weighted by atomic mass is 16.2. The predicted molar refractivity (Wildman–Crippen MR) is 70.2 cm³/mol. The fourth-order valence-corrected chi connectivity index (χ4v) is 2.14. The highest BCUT2D eigenvalue weighted by Gasteiger charge is 2.33. The van der Waals surface area contributed by atoms with Crippen molar-refractivity contribution in [2.45, 2.75) is 39.2 Å². The average Bonchev–Trinajstić information content (AvgIpc) is 3.17. The van der Waals surface area contributed by atoms with Crippen LogP contribution in [0.4, 0.5) is 0 Å². The SMILES string of the molecule is Cc1cccc(C(=O)N(CCC#N)C2CC2)c1C. The standard InChI is InChI=1S/C15H18N2O/c1-11-5-3-6-14(12(11)2)15(18)17(10-4-9-16)13-7-8-13/h3,5-6,13H,4,7-8,10H2,1-2H3. The van der Waals surface area contributed by atoms with E-state index in [1.165, 1.54) is 0 Å². The van der Waals surface area contributed by atoms with Gasteiger partial charge in [-0.25, -0.2) is 0 Å². The third-order valence-electron chi connectivity index (χ3n) is 3.55. The summed E-state index contributed by atoms with van der Waals surface area (Å²) in [5, 5.41) is 8.68. The van der Waals surface area contributed by atoms with Gasteiger partial charge in [-0.05, 0) is 43.9 Å². The molecule has 3 nitrogen and oxygen atoms in total. The van der Waals surface area contributed by atoms with E-state index in [-0.39, 0.29) is 5.91 Å².